The summed E-state index contributed by atoms with van der Waals surface area (Å²) in [5, 5.41) is 2.51. The van der Waals surface area contributed by atoms with Crippen LogP contribution in [0.15, 0.2) is 48.5 Å². The molecule has 0 radical (unpaired) electrons. The summed E-state index contributed by atoms with van der Waals surface area (Å²) in [6, 6.07) is 13.7. The van der Waals surface area contributed by atoms with Gasteiger partial charge in [0.05, 0.1) is 18.8 Å². The van der Waals surface area contributed by atoms with Crippen molar-refractivity contribution in [2.24, 2.45) is 5.92 Å². The van der Waals surface area contributed by atoms with E-state index >= 15 is 0 Å². The van der Waals surface area contributed by atoms with Crippen LogP contribution in [-0.4, -0.2) is 30.1 Å². The summed E-state index contributed by atoms with van der Waals surface area (Å²) in [5.41, 5.74) is 5.79. The van der Waals surface area contributed by atoms with Gasteiger partial charge in [0.1, 0.15) is 11.5 Å². The highest BCUT2D eigenvalue weighted by Gasteiger charge is 2.14. The lowest BCUT2D eigenvalue weighted by Gasteiger charge is -2.13. The Morgan fingerprint density at radius 3 is 2.35 bits per heavy atom. The van der Waals surface area contributed by atoms with Crippen LogP contribution in [-0.2, 0) is 0 Å². The summed E-state index contributed by atoms with van der Waals surface area (Å²) >= 11 is 5.11. The second kappa shape index (κ2) is 12.5. The fourth-order valence-corrected chi connectivity index (χ4v) is 2.60. The van der Waals surface area contributed by atoms with E-state index in [9.17, 15) is 9.59 Å². The third kappa shape index (κ3) is 8.25. The molecule has 0 bridgehead atoms. The number of unbranched alkanes of at least 4 members (excludes halogenated alkanes) is 1. The molecule has 2 aromatic carbocycles. The highest BCUT2D eigenvalue weighted by molar-refractivity contribution is 7.80. The number of thiocarbonyl (C=S) groups is 1. The Balaban J connectivity index is 1.85. The van der Waals surface area contributed by atoms with Crippen molar-refractivity contribution in [3.63, 3.8) is 0 Å². The van der Waals surface area contributed by atoms with Gasteiger partial charge in [-0.15, -0.1) is 0 Å². The van der Waals surface area contributed by atoms with Crippen molar-refractivity contribution < 1.29 is 19.1 Å². The van der Waals surface area contributed by atoms with E-state index in [2.05, 4.69) is 36.9 Å². The van der Waals surface area contributed by atoms with Crippen LogP contribution < -0.4 is 25.6 Å². The molecule has 2 amide bonds. The van der Waals surface area contributed by atoms with Crippen molar-refractivity contribution in [3.05, 3.63) is 59.7 Å². The average molecular weight is 444 g/mol. The van der Waals surface area contributed by atoms with Crippen LogP contribution in [0.4, 0.5) is 0 Å². The van der Waals surface area contributed by atoms with Crippen molar-refractivity contribution in [2.45, 2.75) is 33.6 Å². The minimum atomic E-state index is -0.425. The van der Waals surface area contributed by atoms with Crippen LogP contribution in [0, 0.1) is 5.92 Å². The molecule has 8 heteroatoms. The molecule has 166 valence electrons. The van der Waals surface area contributed by atoms with Gasteiger partial charge in [-0.25, -0.2) is 0 Å². The van der Waals surface area contributed by atoms with Crippen molar-refractivity contribution in [1.82, 2.24) is 16.2 Å². The summed E-state index contributed by atoms with van der Waals surface area (Å²) in [5.74, 6) is 0.778. The highest BCUT2D eigenvalue weighted by Crippen LogP contribution is 2.18. The maximum absolute atomic E-state index is 12.5. The maximum atomic E-state index is 12.5. The van der Waals surface area contributed by atoms with Crippen LogP contribution in [0.1, 0.15) is 54.3 Å². The summed E-state index contributed by atoms with van der Waals surface area (Å²) in [6.07, 6.45) is 1.89. The van der Waals surface area contributed by atoms with Crippen LogP contribution >= 0.6 is 12.2 Å². The van der Waals surface area contributed by atoms with E-state index in [0.717, 1.165) is 12.8 Å². The Labute approximate surface area is 188 Å². The topological polar surface area (TPSA) is 88.7 Å². The number of nitrogens with one attached hydrogen (secondary N) is 3. The molecule has 31 heavy (non-hydrogen) atoms. The molecule has 0 unspecified atom stereocenters. The zero-order valence-corrected chi connectivity index (χ0v) is 18.9. The Bertz CT molecular complexity index is 885. The summed E-state index contributed by atoms with van der Waals surface area (Å²) in [7, 11) is 0. The first-order valence-corrected chi connectivity index (χ1v) is 10.7. The average Bonchev–Trinajstić information content (AvgIpc) is 2.77. The summed E-state index contributed by atoms with van der Waals surface area (Å²) < 4.78 is 11.3. The Morgan fingerprint density at radius 2 is 1.68 bits per heavy atom. The fraction of sp³-hybridized carbons (Fsp3) is 0.348. The van der Waals surface area contributed by atoms with Crippen LogP contribution in [0.3, 0.4) is 0 Å². The Morgan fingerprint density at radius 1 is 0.968 bits per heavy atom. The monoisotopic (exact) mass is 443 g/mol. The molecule has 2 rings (SSSR count). The van der Waals surface area contributed by atoms with E-state index in [1.807, 2.05) is 0 Å². The van der Waals surface area contributed by atoms with Gasteiger partial charge in [0, 0.05) is 5.56 Å². The fourth-order valence-electron chi connectivity index (χ4n) is 2.46. The first kappa shape index (κ1) is 24.1. The smallest absolute Gasteiger partial charge is 0.269 e. The minimum absolute atomic E-state index is 0.0291. The normalized spacial score (nSPS) is 10.3. The lowest BCUT2D eigenvalue weighted by Crippen LogP contribution is -2.48. The second-order valence-electron chi connectivity index (χ2n) is 7.29. The maximum Gasteiger partial charge on any atom is 0.269 e. The molecule has 0 saturated carbocycles. The van der Waals surface area contributed by atoms with Gasteiger partial charge in [-0.2, -0.15) is 0 Å². The molecule has 0 heterocycles. The first-order chi connectivity index (χ1) is 14.9. The number of hydrogen-bond acceptors (Lipinski definition) is 5. The molecular weight excluding hydrogens is 414 g/mol. The number of ether oxygens (including phenoxy) is 2. The van der Waals surface area contributed by atoms with Gasteiger partial charge in [0.15, 0.2) is 5.11 Å². The molecule has 0 spiro atoms. The van der Waals surface area contributed by atoms with Crippen molar-refractivity contribution in [2.75, 3.05) is 13.2 Å². The number of hydrazine groups is 1. The molecule has 7 nitrogen and oxygen atoms in total. The number of hydrogen-bond donors (Lipinski definition) is 3. The largest absolute Gasteiger partial charge is 0.493 e. The molecule has 3 N–H and O–H groups in total. The molecule has 0 aromatic heterocycles. The zero-order chi connectivity index (χ0) is 22.6. The molecule has 0 atom stereocenters. The zero-order valence-electron chi connectivity index (χ0n) is 18.1. The standard InChI is InChI=1S/C23H29N3O4S/c1-4-5-14-29-20-9-7-6-8-19(20)22(28)24-23(31)26-25-21(27)17-10-12-18(13-11-17)30-15-16(2)3/h6-13,16H,4-5,14-15H2,1-3H3,(H,25,27)(H2,24,26,28,31). The molecule has 0 aliphatic rings. The molecule has 0 fully saturated rings. The van der Waals surface area contributed by atoms with E-state index in [-0.39, 0.29) is 5.11 Å². The number of carbonyl (C=O) groups excluding carboxylic acids is 2. The second-order valence-corrected chi connectivity index (χ2v) is 7.70. The third-order valence-electron chi connectivity index (χ3n) is 4.10. The Hall–Kier alpha value is -3.13. The van der Waals surface area contributed by atoms with E-state index in [0.29, 0.717) is 41.8 Å². The van der Waals surface area contributed by atoms with Crippen molar-refractivity contribution in [3.8, 4) is 11.5 Å². The lowest BCUT2D eigenvalue weighted by molar-refractivity contribution is 0.0933. The van der Waals surface area contributed by atoms with Gasteiger partial charge in [-0.1, -0.05) is 39.3 Å². The number of para-hydroxylation sites is 1. The summed E-state index contributed by atoms with van der Waals surface area (Å²) in [6.45, 7) is 7.32. The van der Waals surface area contributed by atoms with Crippen molar-refractivity contribution >= 4 is 29.1 Å². The summed E-state index contributed by atoms with van der Waals surface area (Å²) in [4.78, 5) is 24.8. The van der Waals surface area contributed by atoms with Crippen LogP contribution in [0.25, 0.3) is 0 Å². The van der Waals surface area contributed by atoms with E-state index < -0.39 is 11.8 Å². The Kier molecular flexibility index (Phi) is 9.77. The predicted molar refractivity (Wildman–Crippen MR) is 124 cm³/mol. The minimum Gasteiger partial charge on any atom is -0.493 e. The van der Waals surface area contributed by atoms with E-state index in [4.69, 9.17) is 21.7 Å². The SMILES string of the molecule is CCCCOc1ccccc1C(=O)NC(=S)NNC(=O)c1ccc(OCC(C)C)cc1. The molecule has 0 aliphatic carbocycles. The van der Waals surface area contributed by atoms with E-state index in [1.165, 1.54) is 0 Å². The molecule has 0 aliphatic heterocycles. The van der Waals surface area contributed by atoms with Gasteiger partial charge in [0.2, 0.25) is 0 Å². The third-order valence-corrected chi connectivity index (χ3v) is 4.31. The van der Waals surface area contributed by atoms with E-state index in [1.54, 1.807) is 48.5 Å². The number of carbonyl (C=O) groups is 2. The first-order valence-electron chi connectivity index (χ1n) is 10.3. The van der Waals surface area contributed by atoms with Crippen molar-refractivity contribution in [1.29, 1.82) is 0 Å². The van der Waals surface area contributed by atoms with Gasteiger partial charge in [0.25, 0.3) is 11.8 Å². The number of benzene rings is 2. The lowest BCUT2D eigenvalue weighted by atomic mass is 10.2. The van der Waals surface area contributed by atoms with Gasteiger partial charge in [-0.05, 0) is 61.0 Å². The number of amides is 2. The van der Waals surface area contributed by atoms with Crippen LogP contribution in [0.2, 0.25) is 0 Å². The number of rotatable bonds is 9. The quantitative estimate of drug-likeness (QED) is 0.310. The highest BCUT2D eigenvalue weighted by atomic mass is 32.1. The van der Waals surface area contributed by atoms with Crippen LogP contribution in [0.5, 0.6) is 11.5 Å². The predicted octanol–water partition coefficient (Wildman–Crippen LogP) is 3.85. The van der Waals surface area contributed by atoms with Gasteiger partial charge < -0.3 is 9.47 Å². The van der Waals surface area contributed by atoms with Gasteiger partial charge in [-0.3, -0.25) is 25.8 Å². The molecular formula is C23H29N3O4S. The van der Waals surface area contributed by atoms with Gasteiger partial charge >= 0.3 is 0 Å². The molecule has 2 aromatic rings. The molecule has 0 saturated heterocycles.